The third-order valence-corrected chi connectivity index (χ3v) is 8.18. The summed E-state index contributed by atoms with van der Waals surface area (Å²) in [5.74, 6) is 1.34. The molecule has 0 radical (unpaired) electrons. The molecule has 0 fully saturated rings. The molecular formula is C30H45IO4P+. The minimum atomic E-state index is -2.83. The van der Waals surface area contributed by atoms with E-state index in [1.54, 1.807) is 7.11 Å². The van der Waals surface area contributed by atoms with Crippen LogP contribution in [0.2, 0.25) is 0 Å². The van der Waals surface area contributed by atoms with E-state index >= 15 is 0 Å². The lowest BCUT2D eigenvalue weighted by Gasteiger charge is -2.31. The Bertz CT molecular complexity index is 1130. The highest BCUT2D eigenvalue weighted by atomic mass is 127. The van der Waals surface area contributed by atoms with Crippen molar-refractivity contribution in [2.24, 2.45) is 0 Å². The van der Waals surface area contributed by atoms with Crippen LogP contribution in [0.15, 0.2) is 24.3 Å². The molecule has 0 aliphatic heterocycles. The highest BCUT2D eigenvalue weighted by Gasteiger charge is 2.35. The molecule has 0 amide bonds. The summed E-state index contributed by atoms with van der Waals surface area (Å²) < 4.78 is 23.6. The van der Waals surface area contributed by atoms with E-state index in [2.05, 4.69) is 130 Å². The van der Waals surface area contributed by atoms with Crippen molar-refractivity contribution in [1.29, 1.82) is 0 Å². The van der Waals surface area contributed by atoms with Crippen LogP contribution in [0.1, 0.15) is 120 Å². The molecule has 0 saturated heterocycles. The summed E-state index contributed by atoms with van der Waals surface area (Å²) >= 11 is 2.44. The Balaban J connectivity index is 3.06. The van der Waals surface area contributed by atoms with E-state index in [1.807, 2.05) is 0 Å². The summed E-state index contributed by atoms with van der Waals surface area (Å²) in [5.41, 5.74) is 5.78. The molecule has 4 nitrogen and oxygen atoms in total. The lowest BCUT2D eigenvalue weighted by Crippen LogP contribution is -2.20. The molecule has 2 aromatic carbocycles. The topological polar surface area (TPSA) is 55.8 Å². The van der Waals surface area contributed by atoms with Gasteiger partial charge in [0.1, 0.15) is 5.75 Å². The fourth-order valence-corrected chi connectivity index (χ4v) is 5.52. The van der Waals surface area contributed by atoms with Crippen LogP contribution in [0.4, 0.5) is 0 Å². The minimum absolute atomic E-state index is 0.0605. The normalized spacial score (nSPS) is 14.5. The van der Waals surface area contributed by atoms with Crippen LogP contribution >= 0.6 is 30.8 Å². The number of methoxy groups -OCH3 is 1. The molecule has 2 unspecified atom stereocenters. The van der Waals surface area contributed by atoms with Crippen LogP contribution in [0.3, 0.4) is 0 Å². The number of ether oxygens (including phenoxy) is 1. The molecule has 6 heteroatoms. The fraction of sp³-hybridized carbons (Fsp3) is 0.600. The smallest absolute Gasteiger partial charge is 0.496 e. The summed E-state index contributed by atoms with van der Waals surface area (Å²) in [5, 5.41) is 0. The first kappa shape index (κ1) is 31.1. The van der Waals surface area contributed by atoms with Gasteiger partial charge in [-0.1, -0.05) is 124 Å². The molecular weight excluding hydrogens is 582 g/mol. The zero-order chi connectivity index (χ0) is 28.0. The highest BCUT2D eigenvalue weighted by Crippen LogP contribution is 2.50. The van der Waals surface area contributed by atoms with E-state index in [4.69, 9.17) is 9.26 Å². The van der Waals surface area contributed by atoms with Crippen LogP contribution in [-0.4, -0.2) is 12.0 Å². The molecule has 2 atom stereocenters. The molecule has 0 spiro atoms. The van der Waals surface area contributed by atoms with Gasteiger partial charge in [0, 0.05) is 26.8 Å². The van der Waals surface area contributed by atoms with Crippen LogP contribution < -0.4 is 9.26 Å². The van der Waals surface area contributed by atoms with E-state index in [0.29, 0.717) is 5.75 Å². The second kappa shape index (κ2) is 10.5. The third kappa shape index (κ3) is 7.02. The Hall–Kier alpha value is -1.17. The van der Waals surface area contributed by atoms with E-state index in [0.717, 1.165) is 33.6 Å². The van der Waals surface area contributed by atoms with Crippen molar-refractivity contribution in [1.82, 2.24) is 0 Å². The van der Waals surface area contributed by atoms with E-state index in [1.165, 1.54) is 5.56 Å². The monoisotopic (exact) mass is 627 g/mol. The lowest BCUT2D eigenvalue weighted by molar-refractivity contribution is 0.391. The number of hydrogen-bond acceptors (Lipinski definition) is 3. The highest BCUT2D eigenvalue weighted by molar-refractivity contribution is 14.1. The van der Waals surface area contributed by atoms with Gasteiger partial charge < -0.3 is 4.74 Å². The van der Waals surface area contributed by atoms with Gasteiger partial charge >= 0.3 is 8.25 Å². The summed E-state index contributed by atoms with van der Waals surface area (Å²) in [6, 6.07) is 8.76. The average Bonchev–Trinajstić information content (AvgIpc) is 2.68. The number of benzene rings is 2. The maximum Gasteiger partial charge on any atom is 0.747 e. The SMILES string of the molecule is COc1c(C(I)c2cc(C(C)(C)C)cc(C(C)(C)C)c2O[P+](=O)O)cc(C(C)(C)C)cc1C(C)(C)C. The Kier molecular flexibility index (Phi) is 9.09. The average molecular weight is 628 g/mol. The quantitative estimate of drug-likeness (QED) is 0.204. The molecule has 2 aromatic rings. The zero-order valence-corrected chi connectivity index (χ0v) is 27.4. The van der Waals surface area contributed by atoms with Crippen LogP contribution in [0.25, 0.3) is 0 Å². The van der Waals surface area contributed by atoms with Crippen LogP contribution in [0, 0.1) is 0 Å². The number of alkyl halides is 1. The molecule has 0 heterocycles. The Morgan fingerprint density at radius 3 is 1.36 bits per heavy atom. The lowest BCUT2D eigenvalue weighted by atomic mass is 9.76. The maximum absolute atomic E-state index is 12.0. The maximum atomic E-state index is 12.0. The van der Waals surface area contributed by atoms with Gasteiger partial charge in [-0.25, -0.2) is 4.52 Å². The molecule has 0 aliphatic carbocycles. The number of halogens is 1. The van der Waals surface area contributed by atoms with Gasteiger partial charge in [0.25, 0.3) is 0 Å². The van der Waals surface area contributed by atoms with Gasteiger partial charge in [0.2, 0.25) is 0 Å². The largest absolute Gasteiger partial charge is 0.747 e. The molecule has 36 heavy (non-hydrogen) atoms. The van der Waals surface area contributed by atoms with Crippen molar-refractivity contribution in [3.8, 4) is 11.5 Å². The number of rotatable bonds is 5. The molecule has 0 aromatic heterocycles. The molecule has 1 N–H and O–H groups in total. The molecule has 0 saturated carbocycles. The Labute approximate surface area is 233 Å². The summed E-state index contributed by atoms with van der Waals surface area (Å²) in [4.78, 5) is 9.86. The first-order chi connectivity index (χ1) is 16.1. The fourth-order valence-electron chi connectivity index (χ4n) is 4.23. The van der Waals surface area contributed by atoms with Crippen LogP contribution in [-0.2, 0) is 26.2 Å². The summed E-state index contributed by atoms with van der Waals surface area (Å²) in [7, 11) is -1.11. The minimum Gasteiger partial charge on any atom is -0.496 e. The number of hydrogen-bond donors (Lipinski definition) is 1. The van der Waals surface area contributed by atoms with Crippen molar-refractivity contribution in [2.75, 3.05) is 7.11 Å². The molecule has 0 aliphatic rings. The first-order valence-corrected chi connectivity index (χ1v) is 14.9. The second-order valence-corrected chi connectivity index (χ2v) is 15.7. The van der Waals surface area contributed by atoms with E-state index in [9.17, 15) is 9.46 Å². The second-order valence-electron chi connectivity index (χ2n) is 13.8. The van der Waals surface area contributed by atoms with Crippen molar-refractivity contribution >= 4 is 30.8 Å². The van der Waals surface area contributed by atoms with Gasteiger partial charge in [0.15, 0.2) is 5.75 Å². The first-order valence-electron chi connectivity index (χ1n) is 12.5. The van der Waals surface area contributed by atoms with Crippen molar-refractivity contribution in [3.63, 3.8) is 0 Å². The van der Waals surface area contributed by atoms with Gasteiger partial charge in [-0.15, -0.1) is 4.89 Å². The van der Waals surface area contributed by atoms with Crippen molar-refractivity contribution in [3.05, 3.63) is 57.6 Å². The van der Waals surface area contributed by atoms with Gasteiger partial charge in [-0.3, -0.25) is 0 Å². The van der Waals surface area contributed by atoms with Crippen molar-refractivity contribution < 1.29 is 18.7 Å². The van der Waals surface area contributed by atoms with E-state index in [-0.39, 0.29) is 25.6 Å². The van der Waals surface area contributed by atoms with Gasteiger partial charge in [-0.2, -0.15) is 0 Å². The summed E-state index contributed by atoms with van der Waals surface area (Å²) in [6.45, 7) is 26.1. The predicted molar refractivity (Wildman–Crippen MR) is 161 cm³/mol. The summed E-state index contributed by atoms with van der Waals surface area (Å²) in [6.07, 6.45) is 0. The Morgan fingerprint density at radius 2 is 1.06 bits per heavy atom. The standard InChI is InChI=1S/C30H44IO4P/c1-27(2,3)18-14-20(25(34-13)22(16-18)29(7,8)9)24(31)21-15-19(28(4,5)6)17-23(30(10,11)12)26(21)35-36(32)33/h14-17,24H,1-13H3/p+1. The molecule has 0 bridgehead atoms. The van der Waals surface area contributed by atoms with Gasteiger partial charge in [-0.05, 0) is 38.9 Å². The predicted octanol–water partition coefficient (Wildman–Crippen LogP) is 9.44. The van der Waals surface area contributed by atoms with Crippen LogP contribution in [0.5, 0.6) is 11.5 Å². The van der Waals surface area contributed by atoms with E-state index < -0.39 is 8.25 Å². The van der Waals surface area contributed by atoms with Gasteiger partial charge in [0.05, 0.1) is 11.0 Å². The Morgan fingerprint density at radius 1 is 0.694 bits per heavy atom. The third-order valence-electron chi connectivity index (χ3n) is 6.50. The zero-order valence-electron chi connectivity index (χ0n) is 24.4. The van der Waals surface area contributed by atoms with Crippen molar-refractivity contribution in [2.45, 2.75) is 109 Å². The molecule has 2 rings (SSSR count). The molecule has 200 valence electrons.